The van der Waals surface area contributed by atoms with E-state index in [1.54, 1.807) is 42.5 Å². The Balaban J connectivity index is 1.61. The van der Waals surface area contributed by atoms with Gasteiger partial charge in [0.05, 0.1) is 6.26 Å². The maximum atomic E-state index is 12.6. The number of ether oxygens (including phenoxy) is 1. The summed E-state index contributed by atoms with van der Waals surface area (Å²) in [7, 11) is 0. The molecule has 7 nitrogen and oxygen atoms in total. The second-order valence-corrected chi connectivity index (χ2v) is 7.37. The van der Waals surface area contributed by atoms with Gasteiger partial charge >= 0.3 is 5.97 Å². The highest BCUT2D eigenvalue weighted by Crippen LogP contribution is 2.21. The van der Waals surface area contributed by atoms with E-state index in [9.17, 15) is 9.59 Å². The van der Waals surface area contributed by atoms with Crippen LogP contribution in [-0.4, -0.2) is 23.1 Å². The summed E-state index contributed by atoms with van der Waals surface area (Å²) in [6.07, 6.45) is 1.96. The van der Waals surface area contributed by atoms with Crippen LogP contribution < -0.4 is 5.32 Å². The third-order valence-electron chi connectivity index (χ3n) is 4.09. The molecule has 3 rings (SSSR count). The number of esters is 1. The Kier molecular flexibility index (Phi) is 6.72. The SMILES string of the molecule is CC(C)C[C@@H](NC(=O)c1ccc(Cl)cc1)C(=O)OCc1cc(-c2ccco2)on1. The smallest absolute Gasteiger partial charge is 0.329 e. The van der Waals surface area contributed by atoms with Gasteiger partial charge in [-0.2, -0.15) is 0 Å². The third kappa shape index (κ3) is 5.71. The Hall–Kier alpha value is -3.06. The molecule has 0 radical (unpaired) electrons. The fourth-order valence-corrected chi connectivity index (χ4v) is 2.81. The number of carbonyl (C=O) groups is 2. The van der Waals surface area contributed by atoms with Gasteiger partial charge in [-0.15, -0.1) is 0 Å². The van der Waals surface area contributed by atoms with Gasteiger partial charge in [0.1, 0.15) is 18.3 Å². The topological polar surface area (TPSA) is 94.6 Å². The van der Waals surface area contributed by atoms with Crippen molar-refractivity contribution in [2.75, 3.05) is 0 Å². The van der Waals surface area contributed by atoms with E-state index < -0.39 is 12.0 Å². The first-order chi connectivity index (χ1) is 13.9. The molecular formula is C21H21ClN2O5. The summed E-state index contributed by atoms with van der Waals surface area (Å²) >= 11 is 5.85. The number of amides is 1. The van der Waals surface area contributed by atoms with Gasteiger partial charge in [0.15, 0.2) is 5.76 Å². The number of halogens is 1. The van der Waals surface area contributed by atoms with Crippen LogP contribution in [0.3, 0.4) is 0 Å². The molecule has 0 spiro atoms. The molecule has 1 atom stereocenters. The number of nitrogens with one attached hydrogen (secondary N) is 1. The van der Waals surface area contributed by atoms with E-state index in [0.29, 0.717) is 34.2 Å². The minimum atomic E-state index is -0.783. The lowest BCUT2D eigenvalue weighted by atomic mass is 10.0. The average Bonchev–Trinajstić information content (AvgIpc) is 3.37. The Morgan fingerprint density at radius 2 is 1.93 bits per heavy atom. The molecular weight excluding hydrogens is 396 g/mol. The van der Waals surface area contributed by atoms with Gasteiger partial charge in [0.2, 0.25) is 5.76 Å². The minimum absolute atomic E-state index is 0.0749. The summed E-state index contributed by atoms with van der Waals surface area (Å²) in [6.45, 7) is 3.85. The van der Waals surface area contributed by atoms with Gasteiger partial charge in [-0.05, 0) is 48.7 Å². The Morgan fingerprint density at radius 3 is 2.59 bits per heavy atom. The second kappa shape index (κ2) is 9.43. The van der Waals surface area contributed by atoms with Crippen LogP contribution in [0.15, 0.2) is 57.7 Å². The molecule has 29 heavy (non-hydrogen) atoms. The zero-order valence-corrected chi connectivity index (χ0v) is 16.8. The molecule has 152 valence electrons. The van der Waals surface area contributed by atoms with Crippen LogP contribution in [0.5, 0.6) is 0 Å². The summed E-state index contributed by atoms with van der Waals surface area (Å²) in [5.74, 6) is 0.240. The molecule has 2 aromatic heterocycles. The van der Waals surface area contributed by atoms with Gasteiger partial charge in [-0.25, -0.2) is 4.79 Å². The van der Waals surface area contributed by atoms with Crippen LogP contribution in [0.25, 0.3) is 11.5 Å². The standard InChI is InChI=1S/C21H21ClN2O5/c1-13(2)10-17(23-20(25)14-5-7-15(22)8-6-14)21(26)28-12-16-11-19(29-24-16)18-4-3-9-27-18/h3-9,11,13,17H,10,12H2,1-2H3,(H,23,25)/t17-/m1/s1. The van der Waals surface area contributed by atoms with Crippen molar-refractivity contribution >= 4 is 23.5 Å². The highest BCUT2D eigenvalue weighted by molar-refractivity contribution is 6.30. The highest BCUT2D eigenvalue weighted by Gasteiger charge is 2.24. The predicted octanol–water partition coefficient (Wildman–Crippen LogP) is 4.48. The fourth-order valence-electron chi connectivity index (χ4n) is 2.69. The molecule has 0 aliphatic carbocycles. The average molecular weight is 417 g/mol. The van der Waals surface area contributed by atoms with E-state index in [4.69, 9.17) is 25.3 Å². The van der Waals surface area contributed by atoms with Crippen LogP contribution in [0, 0.1) is 5.92 Å². The maximum Gasteiger partial charge on any atom is 0.329 e. The van der Waals surface area contributed by atoms with Crippen molar-refractivity contribution in [3.8, 4) is 11.5 Å². The Labute approximate surface area is 173 Å². The van der Waals surface area contributed by atoms with Gasteiger partial charge in [-0.3, -0.25) is 4.79 Å². The fraction of sp³-hybridized carbons (Fsp3) is 0.286. The van der Waals surface area contributed by atoms with Gasteiger partial charge < -0.3 is 19.0 Å². The van der Waals surface area contributed by atoms with Gasteiger partial charge in [-0.1, -0.05) is 30.6 Å². The molecule has 0 bridgehead atoms. The predicted molar refractivity (Wildman–Crippen MR) is 106 cm³/mol. The molecule has 0 saturated carbocycles. The zero-order chi connectivity index (χ0) is 20.8. The monoisotopic (exact) mass is 416 g/mol. The molecule has 0 aliphatic heterocycles. The molecule has 8 heteroatoms. The quantitative estimate of drug-likeness (QED) is 0.544. The number of furan rings is 1. The van der Waals surface area contributed by atoms with Crippen LogP contribution in [0.2, 0.25) is 5.02 Å². The van der Waals surface area contributed by atoms with E-state index in [-0.39, 0.29) is 18.4 Å². The van der Waals surface area contributed by atoms with Crippen LogP contribution in [0.4, 0.5) is 0 Å². The third-order valence-corrected chi connectivity index (χ3v) is 4.34. The van der Waals surface area contributed by atoms with E-state index in [1.807, 2.05) is 13.8 Å². The second-order valence-electron chi connectivity index (χ2n) is 6.93. The summed E-state index contributed by atoms with van der Waals surface area (Å²) in [5, 5.41) is 7.13. The van der Waals surface area contributed by atoms with Crippen LogP contribution >= 0.6 is 11.6 Å². The van der Waals surface area contributed by atoms with Crippen molar-refractivity contribution in [2.24, 2.45) is 5.92 Å². The largest absolute Gasteiger partial charge is 0.461 e. The Morgan fingerprint density at radius 1 is 1.17 bits per heavy atom. The lowest BCUT2D eigenvalue weighted by Crippen LogP contribution is -2.42. The van der Waals surface area contributed by atoms with Crippen molar-refractivity contribution in [1.29, 1.82) is 0 Å². The Bertz CT molecular complexity index is 948. The van der Waals surface area contributed by atoms with Crippen molar-refractivity contribution < 1.29 is 23.3 Å². The summed E-state index contributed by atoms with van der Waals surface area (Å²) in [5.41, 5.74) is 0.854. The van der Waals surface area contributed by atoms with Gasteiger partial charge in [0, 0.05) is 16.7 Å². The first-order valence-electron chi connectivity index (χ1n) is 9.15. The lowest BCUT2D eigenvalue weighted by Gasteiger charge is -2.19. The number of rotatable bonds is 8. The van der Waals surface area contributed by atoms with Crippen LogP contribution in [0.1, 0.15) is 36.3 Å². The molecule has 3 aromatic rings. The molecule has 2 heterocycles. The number of nitrogens with zero attached hydrogens (tertiary/aromatic N) is 1. The summed E-state index contributed by atoms with van der Waals surface area (Å²) < 4.78 is 15.8. The number of benzene rings is 1. The number of carbonyl (C=O) groups excluding carboxylic acids is 2. The zero-order valence-electron chi connectivity index (χ0n) is 16.1. The summed E-state index contributed by atoms with van der Waals surface area (Å²) in [6, 6.07) is 10.8. The molecule has 1 aromatic carbocycles. The minimum Gasteiger partial charge on any atom is -0.461 e. The number of aromatic nitrogens is 1. The molecule has 0 fully saturated rings. The highest BCUT2D eigenvalue weighted by atomic mass is 35.5. The van der Waals surface area contributed by atoms with Crippen molar-refractivity contribution in [2.45, 2.75) is 32.9 Å². The number of hydrogen-bond acceptors (Lipinski definition) is 6. The van der Waals surface area contributed by atoms with E-state index in [0.717, 1.165) is 0 Å². The molecule has 0 unspecified atom stereocenters. The van der Waals surface area contributed by atoms with Crippen molar-refractivity contribution in [3.05, 3.63) is 65.0 Å². The van der Waals surface area contributed by atoms with E-state index in [1.165, 1.54) is 6.26 Å². The van der Waals surface area contributed by atoms with Crippen molar-refractivity contribution in [3.63, 3.8) is 0 Å². The molecule has 1 amide bonds. The lowest BCUT2D eigenvalue weighted by molar-refractivity contribution is -0.147. The molecule has 0 saturated heterocycles. The van der Waals surface area contributed by atoms with Crippen LogP contribution in [-0.2, 0) is 16.1 Å². The molecule has 1 N–H and O–H groups in total. The summed E-state index contributed by atoms with van der Waals surface area (Å²) in [4.78, 5) is 25.0. The number of hydrogen-bond donors (Lipinski definition) is 1. The maximum absolute atomic E-state index is 12.6. The van der Waals surface area contributed by atoms with E-state index >= 15 is 0 Å². The normalized spacial score (nSPS) is 12.0. The van der Waals surface area contributed by atoms with Crippen molar-refractivity contribution in [1.82, 2.24) is 10.5 Å². The van der Waals surface area contributed by atoms with E-state index in [2.05, 4.69) is 10.5 Å². The first-order valence-corrected chi connectivity index (χ1v) is 9.52. The molecule has 0 aliphatic rings. The first kappa shape index (κ1) is 20.7. The van der Waals surface area contributed by atoms with Gasteiger partial charge in [0.25, 0.3) is 5.91 Å².